The monoisotopic (exact) mass is 336 g/mol. The van der Waals surface area contributed by atoms with Crippen LogP contribution in [0.25, 0.3) is 0 Å². The first-order valence-electron chi connectivity index (χ1n) is 9.05. The minimum Gasteiger partial charge on any atom is -0.366 e. The standard InChI is InChI=1S/C21H24N2O2/c1-14-10-18(11-22-15(14)2)21(24)23-12-19(16-6-4-3-5-7-16)25-20(13-23)17-8-9-17/h3-7,10-11,17,19-20H,8-9,12-13H2,1-2H3/t19-,20+/m0/s1. The van der Waals surface area contributed by atoms with Gasteiger partial charge in [0.05, 0.1) is 18.2 Å². The van der Waals surface area contributed by atoms with Crippen LogP contribution in [0.1, 0.15) is 46.1 Å². The molecule has 25 heavy (non-hydrogen) atoms. The fourth-order valence-electron chi connectivity index (χ4n) is 3.48. The minimum absolute atomic E-state index is 0.0518. The van der Waals surface area contributed by atoms with E-state index in [1.165, 1.54) is 12.8 Å². The zero-order valence-electron chi connectivity index (χ0n) is 14.8. The molecule has 2 atom stereocenters. The summed E-state index contributed by atoms with van der Waals surface area (Å²) in [5.41, 5.74) is 3.84. The van der Waals surface area contributed by atoms with Crippen LogP contribution >= 0.6 is 0 Å². The predicted octanol–water partition coefficient (Wildman–Crippen LogP) is 3.69. The Morgan fingerprint density at radius 3 is 2.60 bits per heavy atom. The van der Waals surface area contributed by atoms with Gasteiger partial charge in [0, 0.05) is 18.4 Å². The van der Waals surface area contributed by atoms with Crippen LogP contribution in [-0.4, -0.2) is 35.0 Å². The molecule has 1 saturated carbocycles. The van der Waals surface area contributed by atoms with Crippen molar-refractivity contribution in [1.82, 2.24) is 9.88 Å². The van der Waals surface area contributed by atoms with E-state index in [-0.39, 0.29) is 18.1 Å². The molecule has 1 aromatic heterocycles. The van der Waals surface area contributed by atoms with Crippen LogP contribution in [0.5, 0.6) is 0 Å². The number of carbonyl (C=O) groups is 1. The second kappa shape index (κ2) is 6.60. The maximum atomic E-state index is 13.1. The van der Waals surface area contributed by atoms with Crippen molar-refractivity contribution in [3.05, 3.63) is 65.0 Å². The Balaban J connectivity index is 1.58. The number of ether oxygens (including phenoxy) is 1. The smallest absolute Gasteiger partial charge is 0.255 e. The third-order valence-electron chi connectivity index (χ3n) is 5.32. The van der Waals surface area contributed by atoms with E-state index >= 15 is 0 Å². The average Bonchev–Trinajstić information content (AvgIpc) is 3.49. The molecule has 1 aliphatic carbocycles. The molecule has 4 heteroatoms. The van der Waals surface area contributed by atoms with E-state index in [2.05, 4.69) is 17.1 Å². The molecule has 130 valence electrons. The highest BCUT2D eigenvalue weighted by molar-refractivity contribution is 5.94. The van der Waals surface area contributed by atoms with E-state index in [9.17, 15) is 4.79 Å². The molecule has 2 heterocycles. The maximum absolute atomic E-state index is 13.1. The van der Waals surface area contributed by atoms with Crippen molar-refractivity contribution in [2.45, 2.75) is 38.9 Å². The van der Waals surface area contributed by atoms with Crippen molar-refractivity contribution in [3.63, 3.8) is 0 Å². The quantitative estimate of drug-likeness (QED) is 0.858. The van der Waals surface area contributed by atoms with Crippen LogP contribution in [-0.2, 0) is 4.74 Å². The van der Waals surface area contributed by atoms with Gasteiger partial charge in [0.15, 0.2) is 0 Å². The number of amides is 1. The second-order valence-corrected chi connectivity index (χ2v) is 7.25. The molecule has 2 aliphatic rings. The van der Waals surface area contributed by atoms with Crippen LogP contribution in [0, 0.1) is 19.8 Å². The normalized spacial score (nSPS) is 23.5. The molecular weight excluding hydrogens is 312 g/mol. The Morgan fingerprint density at radius 2 is 1.92 bits per heavy atom. The third-order valence-corrected chi connectivity index (χ3v) is 5.32. The van der Waals surface area contributed by atoms with E-state index in [1.54, 1.807) is 6.20 Å². The van der Waals surface area contributed by atoms with Gasteiger partial charge in [0.2, 0.25) is 0 Å². The number of benzene rings is 1. The highest BCUT2D eigenvalue weighted by Gasteiger charge is 2.40. The number of nitrogens with zero attached hydrogens (tertiary/aromatic N) is 2. The Hall–Kier alpha value is -2.20. The lowest BCUT2D eigenvalue weighted by atomic mass is 10.0. The number of carbonyl (C=O) groups excluding carboxylic acids is 1. The Morgan fingerprint density at radius 1 is 1.16 bits per heavy atom. The molecule has 4 rings (SSSR count). The van der Waals surface area contributed by atoms with Gasteiger partial charge in [0.1, 0.15) is 6.10 Å². The third kappa shape index (κ3) is 3.45. The molecular formula is C21H24N2O2. The molecule has 1 amide bonds. The SMILES string of the molecule is Cc1cc(C(=O)N2C[C@@H](c3ccccc3)O[C@@H](C3CC3)C2)cnc1C. The summed E-state index contributed by atoms with van der Waals surface area (Å²) in [5, 5.41) is 0. The van der Waals surface area contributed by atoms with E-state index in [4.69, 9.17) is 4.74 Å². The molecule has 2 fully saturated rings. The molecule has 1 saturated heterocycles. The van der Waals surface area contributed by atoms with E-state index in [0.717, 1.165) is 16.8 Å². The summed E-state index contributed by atoms with van der Waals surface area (Å²) in [7, 11) is 0. The average molecular weight is 336 g/mol. The minimum atomic E-state index is -0.0518. The lowest BCUT2D eigenvalue weighted by Crippen LogP contribution is -2.47. The van der Waals surface area contributed by atoms with Crippen LogP contribution in [0.2, 0.25) is 0 Å². The molecule has 0 unspecified atom stereocenters. The first-order valence-corrected chi connectivity index (χ1v) is 9.05. The Labute approximate surface area is 148 Å². The van der Waals surface area contributed by atoms with Crippen LogP contribution in [0.3, 0.4) is 0 Å². The zero-order valence-corrected chi connectivity index (χ0v) is 14.8. The fourth-order valence-corrected chi connectivity index (χ4v) is 3.48. The van der Waals surface area contributed by atoms with Gasteiger partial charge in [-0.15, -0.1) is 0 Å². The zero-order chi connectivity index (χ0) is 17.4. The molecule has 1 aromatic carbocycles. The van der Waals surface area contributed by atoms with Crippen molar-refractivity contribution in [2.75, 3.05) is 13.1 Å². The summed E-state index contributed by atoms with van der Waals surface area (Å²) in [4.78, 5) is 19.4. The highest BCUT2D eigenvalue weighted by Crippen LogP contribution is 2.39. The molecule has 4 nitrogen and oxygen atoms in total. The summed E-state index contributed by atoms with van der Waals surface area (Å²) in [6.45, 7) is 5.24. The largest absolute Gasteiger partial charge is 0.366 e. The molecule has 0 spiro atoms. The highest BCUT2D eigenvalue weighted by atomic mass is 16.5. The number of hydrogen-bond acceptors (Lipinski definition) is 3. The van der Waals surface area contributed by atoms with Gasteiger partial charge in [-0.3, -0.25) is 9.78 Å². The summed E-state index contributed by atoms with van der Waals surface area (Å²) in [5.74, 6) is 0.658. The van der Waals surface area contributed by atoms with E-state index < -0.39 is 0 Å². The van der Waals surface area contributed by atoms with E-state index in [1.807, 2.05) is 43.0 Å². The van der Waals surface area contributed by atoms with Gasteiger partial charge in [-0.2, -0.15) is 0 Å². The molecule has 1 aliphatic heterocycles. The van der Waals surface area contributed by atoms with Gasteiger partial charge in [-0.05, 0) is 49.8 Å². The van der Waals surface area contributed by atoms with Gasteiger partial charge in [-0.25, -0.2) is 0 Å². The predicted molar refractivity (Wildman–Crippen MR) is 96.4 cm³/mol. The van der Waals surface area contributed by atoms with Crippen LogP contribution < -0.4 is 0 Å². The fraction of sp³-hybridized carbons (Fsp3) is 0.429. The maximum Gasteiger partial charge on any atom is 0.255 e. The van der Waals surface area contributed by atoms with Gasteiger partial charge in [0.25, 0.3) is 5.91 Å². The first kappa shape index (κ1) is 16.3. The molecule has 0 bridgehead atoms. The van der Waals surface area contributed by atoms with Crippen molar-refractivity contribution < 1.29 is 9.53 Å². The molecule has 0 radical (unpaired) electrons. The number of pyridine rings is 1. The number of morpholine rings is 1. The lowest BCUT2D eigenvalue weighted by Gasteiger charge is -2.38. The van der Waals surface area contributed by atoms with Crippen molar-refractivity contribution in [2.24, 2.45) is 5.92 Å². The van der Waals surface area contributed by atoms with Crippen molar-refractivity contribution >= 4 is 5.91 Å². The topological polar surface area (TPSA) is 42.4 Å². The summed E-state index contributed by atoms with van der Waals surface area (Å²) < 4.78 is 6.35. The summed E-state index contributed by atoms with van der Waals surface area (Å²) >= 11 is 0. The Bertz CT molecular complexity index is 771. The van der Waals surface area contributed by atoms with Gasteiger partial charge < -0.3 is 9.64 Å². The number of hydrogen-bond donors (Lipinski definition) is 0. The number of aryl methyl sites for hydroxylation is 2. The summed E-state index contributed by atoms with van der Waals surface area (Å²) in [6, 6.07) is 12.2. The van der Waals surface area contributed by atoms with Crippen LogP contribution in [0.4, 0.5) is 0 Å². The van der Waals surface area contributed by atoms with Gasteiger partial charge in [-0.1, -0.05) is 30.3 Å². The summed E-state index contributed by atoms with van der Waals surface area (Å²) in [6.07, 6.45) is 4.20. The van der Waals surface area contributed by atoms with Crippen molar-refractivity contribution in [1.29, 1.82) is 0 Å². The van der Waals surface area contributed by atoms with Crippen molar-refractivity contribution in [3.8, 4) is 0 Å². The first-order chi connectivity index (χ1) is 12.1. The molecule has 0 N–H and O–H groups in total. The second-order valence-electron chi connectivity index (χ2n) is 7.25. The molecule has 2 aromatic rings. The number of aromatic nitrogens is 1. The van der Waals surface area contributed by atoms with E-state index in [0.29, 0.717) is 24.6 Å². The van der Waals surface area contributed by atoms with Gasteiger partial charge >= 0.3 is 0 Å². The lowest BCUT2D eigenvalue weighted by molar-refractivity contribution is -0.0864. The number of rotatable bonds is 3. The Kier molecular flexibility index (Phi) is 4.30. The van der Waals surface area contributed by atoms with Crippen LogP contribution in [0.15, 0.2) is 42.6 Å².